The van der Waals surface area contributed by atoms with Crippen molar-refractivity contribution < 1.29 is 4.79 Å². The number of hydrogen-bond donors (Lipinski definition) is 1. The monoisotopic (exact) mass is 283 g/mol. The summed E-state index contributed by atoms with van der Waals surface area (Å²) in [7, 11) is 0. The molecular weight excluding hydrogens is 262 g/mol. The van der Waals surface area contributed by atoms with Crippen LogP contribution in [-0.2, 0) is 30.7 Å². The van der Waals surface area contributed by atoms with Crippen molar-refractivity contribution >= 4 is 5.91 Å². The Bertz CT molecular complexity index is 631. The Hall–Kier alpha value is -2.10. The first kappa shape index (κ1) is 13.9. The maximum Gasteiger partial charge on any atom is 0.240 e. The first-order valence-electron chi connectivity index (χ1n) is 7.59. The van der Waals surface area contributed by atoms with E-state index in [1.165, 1.54) is 24.2 Å². The molecule has 0 spiro atoms. The average molecular weight is 283 g/mol. The van der Waals surface area contributed by atoms with Crippen LogP contribution in [-0.4, -0.2) is 15.5 Å². The van der Waals surface area contributed by atoms with E-state index in [0.29, 0.717) is 13.1 Å². The molecule has 1 aromatic heterocycles. The second kappa shape index (κ2) is 6.12. The predicted molar refractivity (Wildman–Crippen MR) is 81.9 cm³/mol. The van der Waals surface area contributed by atoms with Crippen molar-refractivity contribution in [2.45, 2.75) is 45.7 Å². The molecule has 1 aliphatic rings. The number of carbonyl (C=O) groups is 1. The van der Waals surface area contributed by atoms with Crippen LogP contribution in [0.2, 0.25) is 0 Å². The molecule has 1 aliphatic carbocycles. The van der Waals surface area contributed by atoms with Gasteiger partial charge in [0.15, 0.2) is 0 Å². The van der Waals surface area contributed by atoms with Crippen LogP contribution in [0.5, 0.6) is 0 Å². The first-order chi connectivity index (χ1) is 10.2. The molecule has 1 N–H and O–H groups in total. The molecule has 0 bridgehead atoms. The summed E-state index contributed by atoms with van der Waals surface area (Å²) in [5.41, 5.74) is 3.57. The fraction of sp³-hybridized carbons (Fsp3) is 0.412. The topological polar surface area (TPSA) is 46.9 Å². The molecule has 1 aromatic carbocycles. The highest BCUT2D eigenvalue weighted by atomic mass is 16.1. The molecule has 0 aliphatic heterocycles. The maximum atomic E-state index is 12.2. The number of aryl methyl sites for hydroxylation is 2. The fourth-order valence-corrected chi connectivity index (χ4v) is 2.94. The van der Waals surface area contributed by atoms with Gasteiger partial charge in [-0.3, -0.25) is 4.79 Å². The second-order valence-electron chi connectivity index (χ2n) is 5.61. The summed E-state index contributed by atoms with van der Waals surface area (Å²) < 4.78 is 2.08. The molecule has 110 valence electrons. The summed E-state index contributed by atoms with van der Waals surface area (Å²) in [6.45, 7) is 2.94. The van der Waals surface area contributed by atoms with Gasteiger partial charge < -0.3 is 9.88 Å². The van der Waals surface area contributed by atoms with E-state index >= 15 is 0 Å². The van der Waals surface area contributed by atoms with Crippen molar-refractivity contribution in [2.75, 3.05) is 0 Å². The van der Waals surface area contributed by atoms with Gasteiger partial charge in [-0.2, -0.15) is 0 Å². The van der Waals surface area contributed by atoms with E-state index < -0.39 is 0 Å². The molecule has 0 saturated heterocycles. The van der Waals surface area contributed by atoms with E-state index in [2.05, 4.69) is 14.9 Å². The van der Waals surface area contributed by atoms with Crippen molar-refractivity contribution in [3.05, 3.63) is 53.1 Å². The van der Waals surface area contributed by atoms with Gasteiger partial charge in [0.25, 0.3) is 0 Å². The lowest BCUT2D eigenvalue weighted by molar-refractivity contribution is -0.121. The van der Waals surface area contributed by atoms with E-state index in [4.69, 9.17) is 0 Å². The summed E-state index contributed by atoms with van der Waals surface area (Å²) in [5.74, 6) is 1.00. The van der Waals surface area contributed by atoms with Crippen LogP contribution in [0.15, 0.2) is 30.3 Å². The van der Waals surface area contributed by atoms with Crippen LogP contribution in [0.25, 0.3) is 0 Å². The number of rotatable bonds is 4. The molecule has 0 atom stereocenters. The highest BCUT2D eigenvalue weighted by Gasteiger charge is 2.19. The predicted octanol–water partition coefficient (Wildman–Crippen LogP) is 2.39. The number of carbonyl (C=O) groups excluding carboxylic acids is 1. The highest BCUT2D eigenvalue weighted by molar-refractivity contribution is 5.75. The fourth-order valence-electron chi connectivity index (χ4n) is 2.94. The number of fused-ring (bicyclic) bond motifs is 1. The van der Waals surface area contributed by atoms with Crippen LogP contribution >= 0.6 is 0 Å². The van der Waals surface area contributed by atoms with Crippen molar-refractivity contribution in [3.63, 3.8) is 0 Å². The Labute approximate surface area is 125 Å². The summed E-state index contributed by atoms with van der Waals surface area (Å²) in [4.78, 5) is 16.8. The Morgan fingerprint density at radius 3 is 2.81 bits per heavy atom. The lowest BCUT2D eigenvalue weighted by Crippen LogP contribution is -2.28. The van der Waals surface area contributed by atoms with Crippen molar-refractivity contribution in [2.24, 2.45) is 0 Å². The third kappa shape index (κ3) is 3.15. The molecule has 2 aromatic rings. The SMILES string of the molecule is Cc1nc2c(n1CC(=O)NCc1ccccc1)CCCC2. The molecule has 0 saturated carbocycles. The number of amides is 1. The summed E-state index contributed by atoms with van der Waals surface area (Å²) in [6.07, 6.45) is 4.50. The Balaban J connectivity index is 1.64. The maximum absolute atomic E-state index is 12.2. The van der Waals surface area contributed by atoms with Crippen molar-refractivity contribution in [1.82, 2.24) is 14.9 Å². The number of imidazole rings is 1. The van der Waals surface area contributed by atoms with Gasteiger partial charge in [0, 0.05) is 12.2 Å². The Kier molecular flexibility index (Phi) is 4.04. The van der Waals surface area contributed by atoms with Gasteiger partial charge in [0.2, 0.25) is 5.91 Å². The minimum Gasteiger partial charge on any atom is -0.350 e. The minimum absolute atomic E-state index is 0.0488. The van der Waals surface area contributed by atoms with Crippen LogP contribution in [0.4, 0.5) is 0 Å². The van der Waals surface area contributed by atoms with E-state index in [9.17, 15) is 4.79 Å². The highest BCUT2D eigenvalue weighted by Crippen LogP contribution is 2.21. The van der Waals surface area contributed by atoms with E-state index in [1.807, 2.05) is 37.3 Å². The van der Waals surface area contributed by atoms with Crippen LogP contribution in [0.3, 0.4) is 0 Å². The van der Waals surface area contributed by atoms with Crippen LogP contribution < -0.4 is 5.32 Å². The third-order valence-electron chi connectivity index (χ3n) is 4.06. The second-order valence-corrected chi connectivity index (χ2v) is 5.61. The van der Waals surface area contributed by atoms with Crippen LogP contribution in [0, 0.1) is 6.92 Å². The van der Waals surface area contributed by atoms with E-state index in [1.54, 1.807) is 0 Å². The van der Waals surface area contributed by atoms with Crippen molar-refractivity contribution in [3.8, 4) is 0 Å². The minimum atomic E-state index is 0.0488. The van der Waals surface area contributed by atoms with Gasteiger partial charge in [-0.1, -0.05) is 30.3 Å². The quantitative estimate of drug-likeness (QED) is 0.936. The van der Waals surface area contributed by atoms with Gasteiger partial charge in [-0.15, -0.1) is 0 Å². The average Bonchev–Trinajstić information content (AvgIpc) is 2.82. The summed E-state index contributed by atoms with van der Waals surface area (Å²) in [6, 6.07) is 9.98. The molecule has 4 nitrogen and oxygen atoms in total. The Morgan fingerprint density at radius 2 is 2.00 bits per heavy atom. The normalized spacial score (nSPS) is 13.8. The lowest BCUT2D eigenvalue weighted by Gasteiger charge is -2.14. The van der Waals surface area contributed by atoms with Gasteiger partial charge >= 0.3 is 0 Å². The number of nitrogens with one attached hydrogen (secondary N) is 1. The van der Waals surface area contributed by atoms with Crippen molar-refractivity contribution in [1.29, 1.82) is 0 Å². The number of hydrogen-bond acceptors (Lipinski definition) is 2. The zero-order valence-electron chi connectivity index (χ0n) is 12.4. The van der Waals surface area contributed by atoms with Gasteiger partial charge in [0.1, 0.15) is 12.4 Å². The van der Waals surface area contributed by atoms with Crippen LogP contribution in [0.1, 0.15) is 35.6 Å². The zero-order chi connectivity index (χ0) is 14.7. The van der Waals surface area contributed by atoms with Gasteiger partial charge in [0.05, 0.1) is 5.69 Å². The summed E-state index contributed by atoms with van der Waals surface area (Å²) in [5, 5.41) is 2.98. The number of aromatic nitrogens is 2. The largest absolute Gasteiger partial charge is 0.350 e. The molecule has 1 heterocycles. The zero-order valence-corrected chi connectivity index (χ0v) is 12.4. The molecular formula is C17H21N3O. The third-order valence-corrected chi connectivity index (χ3v) is 4.06. The molecule has 3 rings (SSSR count). The van der Waals surface area contributed by atoms with Gasteiger partial charge in [-0.25, -0.2) is 4.98 Å². The Morgan fingerprint density at radius 1 is 1.24 bits per heavy atom. The molecule has 0 fully saturated rings. The summed E-state index contributed by atoms with van der Waals surface area (Å²) >= 11 is 0. The molecule has 0 unspecified atom stereocenters. The molecule has 21 heavy (non-hydrogen) atoms. The van der Waals surface area contributed by atoms with E-state index in [-0.39, 0.29) is 5.91 Å². The first-order valence-corrected chi connectivity index (χ1v) is 7.59. The number of benzene rings is 1. The molecule has 1 amide bonds. The molecule has 4 heteroatoms. The smallest absolute Gasteiger partial charge is 0.240 e. The van der Waals surface area contributed by atoms with Gasteiger partial charge in [-0.05, 0) is 38.2 Å². The lowest BCUT2D eigenvalue weighted by atomic mass is 10.0. The number of nitrogens with zero attached hydrogens (tertiary/aromatic N) is 2. The standard InChI is InChI=1S/C17H21N3O/c1-13-19-15-9-5-6-10-16(15)20(13)12-17(21)18-11-14-7-3-2-4-8-14/h2-4,7-8H,5-6,9-12H2,1H3,(H,18,21). The van der Waals surface area contributed by atoms with E-state index in [0.717, 1.165) is 24.2 Å². The molecule has 0 radical (unpaired) electrons.